The summed E-state index contributed by atoms with van der Waals surface area (Å²) in [5, 5.41) is 9.40. The number of hydrogen-bond donors (Lipinski definition) is 2. The third kappa shape index (κ3) is 4.28. The maximum absolute atomic E-state index is 12.4. The van der Waals surface area contributed by atoms with Gasteiger partial charge in [0.15, 0.2) is 0 Å². The molecule has 0 saturated heterocycles. The SMILES string of the molecule is Cc1ccc(Br)cc1S(=O)(=O)NCC1CCCCC1CO. The van der Waals surface area contributed by atoms with E-state index in [9.17, 15) is 13.5 Å². The molecule has 1 aromatic carbocycles. The third-order valence-corrected chi connectivity index (χ3v) is 6.34. The van der Waals surface area contributed by atoms with Crippen molar-refractivity contribution < 1.29 is 13.5 Å². The van der Waals surface area contributed by atoms with Crippen LogP contribution in [-0.4, -0.2) is 26.7 Å². The Kier molecular flexibility index (Phi) is 5.82. The Hall–Kier alpha value is -0.430. The van der Waals surface area contributed by atoms with Gasteiger partial charge in [-0.05, 0) is 49.3 Å². The first-order chi connectivity index (χ1) is 9.94. The summed E-state index contributed by atoms with van der Waals surface area (Å²) in [6.45, 7) is 2.33. The van der Waals surface area contributed by atoms with Crippen LogP contribution in [0.5, 0.6) is 0 Å². The van der Waals surface area contributed by atoms with Crippen LogP contribution >= 0.6 is 15.9 Å². The molecule has 2 unspecified atom stereocenters. The van der Waals surface area contributed by atoms with Crippen LogP contribution in [0.15, 0.2) is 27.6 Å². The van der Waals surface area contributed by atoms with E-state index in [4.69, 9.17) is 0 Å². The summed E-state index contributed by atoms with van der Waals surface area (Å²) in [6.07, 6.45) is 4.20. The Bertz CT molecular complexity index is 589. The lowest BCUT2D eigenvalue weighted by molar-refractivity contribution is 0.136. The van der Waals surface area contributed by atoms with Crippen LogP contribution in [0.2, 0.25) is 0 Å². The van der Waals surface area contributed by atoms with E-state index in [-0.39, 0.29) is 18.4 Å². The van der Waals surface area contributed by atoms with Crippen LogP contribution < -0.4 is 4.72 Å². The molecule has 1 aromatic rings. The number of benzene rings is 1. The molecule has 6 heteroatoms. The van der Waals surface area contributed by atoms with Crippen LogP contribution in [0.3, 0.4) is 0 Å². The van der Waals surface area contributed by atoms with Crippen LogP contribution in [0.4, 0.5) is 0 Å². The molecule has 4 nitrogen and oxygen atoms in total. The molecule has 2 N–H and O–H groups in total. The van der Waals surface area contributed by atoms with Crippen LogP contribution in [0.25, 0.3) is 0 Å². The first-order valence-electron chi connectivity index (χ1n) is 7.30. The van der Waals surface area contributed by atoms with Gasteiger partial charge < -0.3 is 5.11 Å². The minimum atomic E-state index is -3.51. The van der Waals surface area contributed by atoms with Gasteiger partial charge in [-0.3, -0.25) is 0 Å². The van der Waals surface area contributed by atoms with Gasteiger partial charge in [0, 0.05) is 17.6 Å². The van der Waals surface area contributed by atoms with Gasteiger partial charge in [-0.2, -0.15) is 0 Å². The third-order valence-electron chi connectivity index (χ3n) is 4.28. The summed E-state index contributed by atoms with van der Waals surface area (Å²) in [5.41, 5.74) is 0.730. The van der Waals surface area contributed by atoms with Gasteiger partial charge in [0.25, 0.3) is 0 Å². The van der Waals surface area contributed by atoms with Gasteiger partial charge in [-0.25, -0.2) is 13.1 Å². The Morgan fingerprint density at radius 3 is 2.62 bits per heavy atom. The Balaban J connectivity index is 2.09. The van der Waals surface area contributed by atoms with Crippen molar-refractivity contribution in [2.45, 2.75) is 37.5 Å². The minimum absolute atomic E-state index is 0.141. The first kappa shape index (κ1) is 16.9. The van der Waals surface area contributed by atoms with Crippen LogP contribution in [0.1, 0.15) is 31.2 Å². The zero-order valence-electron chi connectivity index (χ0n) is 12.2. The van der Waals surface area contributed by atoms with Crippen LogP contribution in [0, 0.1) is 18.8 Å². The van der Waals surface area contributed by atoms with Gasteiger partial charge in [-0.15, -0.1) is 0 Å². The number of aliphatic hydroxyl groups excluding tert-OH is 1. The summed E-state index contributed by atoms with van der Waals surface area (Å²) < 4.78 is 28.4. The Morgan fingerprint density at radius 1 is 1.29 bits per heavy atom. The van der Waals surface area contributed by atoms with Gasteiger partial charge in [0.2, 0.25) is 10.0 Å². The lowest BCUT2D eigenvalue weighted by Crippen LogP contribution is -2.35. The Labute approximate surface area is 135 Å². The number of sulfonamides is 1. The number of rotatable bonds is 5. The molecular weight excluding hydrogens is 354 g/mol. The fourth-order valence-electron chi connectivity index (χ4n) is 2.95. The number of hydrogen-bond acceptors (Lipinski definition) is 3. The van der Waals surface area contributed by atoms with E-state index in [0.29, 0.717) is 11.4 Å². The van der Waals surface area contributed by atoms with Crippen molar-refractivity contribution in [2.75, 3.05) is 13.2 Å². The lowest BCUT2D eigenvalue weighted by atomic mass is 9.80. The molecule has 2 rings (SSSR count). The van der Waals surface area contributed by atoms with Crippen molar-refractivity contribution in [3.63, 3.8) is 0 Å². The highest BCUT2D eigenvalue weighted by Crippen LogP contribution is 2.29. The molecule has 0 amide bonds. The highest BCUT2D eigenvalue weighted by Gasteiger charge is 2.26. The summed E-state index contributed by atoms with van der Waals surface area (Å²) in [4.78, 5) is 0.313. The number of aryl methyl sites for hydroxylation is 1. The number of halogens is 1. The molecule has 0 radical (unpaired) electrons. The van der Waals surface area contributed by atoms with E-state index >= 15 is 0 Å². The molecule has 2 atom stereocenters. The molecule has 21 heavy (non-hydrogen) atoms. The van der Waals surface area contributed by atoms with Gasteiger partial charge in [-0.1, -0.05) is 34.8 Å². The topological polar surface area (TPSA) is 66.4 Å². The summed E-state index contributed by atoms with van der Waals surface area (Å²) in [6, 6.07) is 5.25. The second-order valence-corrected chi connectivity index (χ2v) is 8.40. The van der Waals surface area contributed by atoms with E-state index in [2.05, 4.69) is 20.7 Å². The molecular formula is C15H22BrNO3S. The second-order valence-electron chi connectivity index (χ2n) is 5.75. The normalized spacial score (nSPS) is 23.2. The molecule has 0 bridgehead atoms. The maximum atomic E-state index is 12.4. The highest BCUT2D eigenvalue weighted by molar-refractivity contribution is 9.10. The van der Waals surface area contributed by atoms with Gasteiger partial charge in [0.05, 0.1) is 4.90 Å². The smallest absolute Gasteiger partial charge is 0.240 e. The average molecular weight is 376 g/mol. The second kappa shape index (κ2) is 7.22. The number of aliphatic hydroxyl groups is 1. The minimum Gasteiger partial charge on any atom is -0.396 e. The monoisotopic (exact) mass is 375 g/mol. The van der Waals surface area contributed by atoms with Gasteiger partial charge >= 0.3 is 0 Å². The van der Waals surface area contributed by atoms with E-state index in [1.807, 2.05) is 6.07 Å². The highest BCUT2D eigenvalue weighted by atomic mass is 79.9. The predicted octanol–water partition coefficient (Wildman–Crippen LogP) is 2.83. The zero-order chi connectivity index (χ0) is 15.5. The maximum Gasteiger partial charge on any atom is 0.240 e. The van der Waals surface area contributed by atoms with E-state index < -0.39 is 10.0 Å². The molecule has 0 spiro atoms. The Morgan fingerprint density at radius 2 is 1.95 bits per heavy atom. The fraction of sp³-hybridized carbons (Fsp3) is 0.600. The van der Waals surface area contributed by atoms with Crippen molar-refractivity contribution in [1.82, 2.24) is 4.72 Å². The fourth-order valence-corrected chi connectivity index (χ4v) is 4.83. The molecule has 1 saturated carbocycles. The molecule has 0 aromatic heterocycles. The molecule has 0 aliphatic heterocycles. The predicted molar refractivity (Wildman–Crippen MR) is 86.6 cm³/mol. The number of nitrogens with one attached hydrogen (secondary N) is 1. The standard InChI is InChI=1S/C15H22BrNO3S/c1-11-6-7-14(16)8-15(11)21(19,20)17-9-12-4-2-3-5-13(12)10-18/h6-8,12-13,17-18H,2-5,9-10H2,1H3. The van der Waals surface area contributed by atoms with Crippen molar-refractivity contribution in [3.05, 3.63) is 28.2 Å². The van der Waals surface area contributed by atoms with E-state index in [1.54, 1.807) is 19.1 Å². The van der Waals surface area contributed by atoms with Crippen molar-refractivity contribution >= 4 is 26.0 Å². The molecule has 1 aliphatic carbocycles. The van der Waals surface area contributed by atoms with Crippen molar-refractivity contribution in [3.8, 4) is 0 Å². The molecule has 0 heterocycles. The summed E-state index contributed by atoms with van der Waals surface area (Å²) in [7, 11) is -3.51. The van der Waals surface area contributed by atoms with Crippen LogP contribution in [-0.2, 0) is 10.0 Å². The summed E-state index contributed by atoms with van der Waals surface area (Å²) in [5.74, 6) is 0.441. The van der Waals surface area contributed by atoms with E-state index in [1.165, 1.54) is 0 Å². The largest absolute Gasteiger partial charge is 0.396 e. The quantitative estimate of drug-likeness (QED) is 0.831. The lowest BCUT2D eigenvalue weighted by Gasteiger charge is -2.30. The van der Waals surface area contributed by atoms with Crippen molar-refractivity contribution in [2.24, 2.45) is 11.8 Å². The average Bonchev–Trinajstić information content (AvgIpc) is 2.48. The van der Waals surface area contributed by atoms with Gasteiger partial charge in [0.1, 0.15) is 0 Å². The summed E-state index contributed by atoms with van der Waals surface area (Å²) >= 11 is 3.31. The molecule has 118 valence electrons. The first-order valence-corrected chi connectivity index (χ1v) is 9.58. The molecule has 1 fully saturated rings. The molecule has 1 aliphatic rings. The van der Waals surface area contributed by atoms with Crippen molar-refractivity contribution in [1.29, 1.82) is 0 Å². The zero-order valence-corrected chi connectivity index (χ0v) is 14.6. The van der Waals surface area contributed by atoms with E-state index in [0.717, 1.165) is 35.7 Å².